The number of aliphatic hydroxyl groups is 2. The summed E-state index contributed by atoms with van der Waals surface area (Å²) in [6.07, 6.45) is 0.601. The smallest absolute Gasteiger partial charge is 0.0718 e. The van der Waals surface area contributed by atoms with E-state index in [9.17, 15) is 10.2 Å². The number of likely N-dealkylation sites (tertiary alicyclic amines) is 1. The van der Waals surface area contributed by atoms with Crippen molar-refractivity contribution in [3.05, 3.63) is 0 Å². The van der Waals surface area contributed by atoms with Gasteiger partial charge in [0.25, 0.3) is 0 Å². The zero-order chi connectivity index (χ0) is 11.0. The van der Waals surface area contributed by atoms with E-state index in [1.165, 1.54) is 0 Å². The Balaban J connectivity index is 2.52. The van der Waals surface area contributed by atoms with Gasteiger partial charge in [-0.1, -0.05) is 13.8 Å². The number of aliphatic hydroxyl groups excluding tert-OH is 1. The van der Waals surface area contributed by atoms with Gasteiger partial charge < -0.3 is 10.2 Å². The molecule has 1 rings (SSSR count). The van der Waals surface area contributed by atoms with Crippen LogP contribution < -0.4 is 0 Å². The lowest BCUT2D eigenvalue weighted by molar-refractivity contribution is -0.0502. The first-order chi connectivity index (χ1) is 6.21. The number of nitrogens with zero attached hydrogens (tertiary/aromatic N) is 1. The number of hydrogen-bond donors (Lipinski definition) is 2. The molecule has 0 aliphatic carbocycles. The second-order valence-corrected chi connectivity index (χ2v) is 5.82. The molecule has 1 heterocycles. The third kappa shape index (κ3) is 3.23. The lowest BCUT2D eigenvalue weighted by Crippen LogP contribution is -2.52. The van der Waals surface area contributed by atoms with E-state index in [0.717, 1.165) is 19.5 Å². The molecule has 0 aromatic carbocycles. The van der Waals surface area contributed by atoms with Crippen molar-refractivity contribution in [2.75, 3.05) is 19.6 Å². The number of rotatable bonds is 2. The third-order valence-electron chi connectivity index (χ3n) is 2.86. The maximum atomic E-state index is 9.76. The number of hydrogen-bond acceptors (Lipinski definition) is 3. The van der Waals surface area contributed by atoms with Crippen LogP contribution >= 0.6 is 0 Å². The Labute approximate surface area is 86.7 Å². The summed E-state index contributed by atoms with van der Waals surface area (Å²) in [5.41, 5.74) is -0.693. The summed E-state index contributed by atoms with van der Waals surface area (Å²) < 4.78 is 0. The maximum Gasteiger partial charge on any atom is 0.0718 e. The molecule has 0 spiro atoms. The lowest BCUT2D eigenvalue weighted by atomic mass is 9.81. The predicted octanol–water partition coefficient (Wildman–Crippen LogP) is 0.850. The lowest BCUT2D eigenvalue weighted by Gasteiger charge is -2.43. The third-order valence-corrected chi connectivity index (χ3v) is 2.86. The van der Waals surface area contributed by atoms with Crippen molar-refractivity contribution in [2.24, 2.45) is 5.41 Å². The highest BCUT2D eigenvalue weighted by Gasteiger charge is 2.35. The molecule has 0 aromatic heterocycles. The Morgan fingerprint density at radius 3 is 2.43 bits per heavy atom. The van der Waals surface area contributed by atoms with Crippen LogP contribution in [0.5, 0.6) is 0 Å². The highest BCUT2D eigenvalue weighted by atomic mass is 16.3. The van der Waals surface area contributed by atoms with Crippen LogP contribution in [0.3, 0.4) is 0 Å². The summed E-state index contributed by atoms with van der Waals surface area (Å²) in [6, 6.07) is 0. The van der Waals surface area contributed by atoms with Crippen molar-refractivity contribution in [1.82, 2.24) is 4.90 Å². The molecule has 3 nitrogen and oxygen atoms in total. The average molecular weight is 201 g/mol. The van der Waals surface area contributed by atoms with Gasteiger partial charge in [-0.2, -0.15) is 0 Å². The minimum atomic E-state index is -0.641. The Hall–Kier alpha value is -0.120. The molecule has 0 bridgehead atoms. The monoisotopic (exact) mass is 201 g/mol. The fourth-order valence-corrected chi connectivity index (χ4v) is 2.14. The molecule has 84 valence electrons. The molecule has 0 saturated carbocycles. The Kier molecular flexibility index (Phi) is 3.24. The van der Waals surface area contributed by atoms with E-state index >= 15 is 0 Å². The second-order valence-electron chi connectivity index (χ2n) is 5.82. The van der Waals surface area contributed by atoms with Crippen molar-refractivity contribution in [2.45, 2.75) is 45.8 Å². The van der Waals surface area contributed by atoms with Gasteiger partial charge in [0.2, 0.25) is 0 Å². The van der Waals surface area contributed by atoms with E-state index in [0.29, 0.717) is 6.54 Å². The first kappa shape index (κ1) is 12.0. The van der Waals surface area contributed by atoms with Crippen molar-refractivity contribution < 1.29 is 10.2 Å². The maximum absolute atomic E-state index is 9.76. The molecule has 3 heteroatoms. The van der Waals surface area contributed by atoms with Crippen molar-refractivity contribution in [3.63, 3.8) is 0 Å². The minimum absolute atomic E-state index is 0.0521. The standard InChI is InChI=1S/C11H23NO2/c1-10(2)7-12(6-5-9(10)13)8-11(3,4)14/h9,13-14H,5-8H2,1-4H3. The van der Waals surface area contributed by atoms with Gasteiger partial charge in [0.1, 0.15) is 0 Å². The topological polar surface area (TPSA) is 43.7 Å². The SMILES string of the molecule is CC(C)(O)CN1CCC(O)C(C)(C)C1. The summed E-state index contributed by atoms with van der Waals surface area (Å²) in [5.74, 6) is 0. The van der Waals surface area contributed by atoms with Gasteiger partial charge in [-0.15, -0.1) is 0 Å². The quantitative estimate of drug-likeness (QED) is 0.696. The van der Waals surface area contributed by atoms with E-state index in [4.69, 9.17) is 0 Å². The molecular weight excluding hydrogens is 178 g/mol. The molecule has 1 aliphatic rings. The predicted molar refractivity (Wildman–Crippen MR) is 57.1 cm³/mol. The van der Waals surface area contributed by atoms with Crippen LogP contribution in [0, 0.1) is 5.41 Å². The van der Waals surface area contributed by atoms with Gasteiger partial charge in [-0.3, -0.25) is 4.90 Å². The first-order valence-electron chi connectivity index (χ1n) is 5.33. The van der Waals surface area contributed by atoms with Crippen LogP contribution in [0.4, 0.5) is 0 Å². The van der Waals surface area contributed by atoms with E-state index in [1.807, 2.05) is 13.8 Å². The largest absolute Gasteiger partial charge is 0.392 e. The summed E-state index contributed by atoms with van der Waals surface area (Å²) in [5, 5.41) is 19.5. The number of piperidine rings is 1. The van der Waals surface area contributed by atoms with Crippen LogP contribution in [0.15, 0.2) is 0 Å². The van der Waals surface area contributed by atoms with Crippen molar-refractivity contribution in [3.8, 4) is 0 Å². The van der Waals surface area contributed by atoms with Gasteiger partial charge in [-0.25, -0.2) is 0 Å². The van der Waals surface area contributed by atoms with Gasteiger partial charge in [0.15, 0.2) is 0 Å². The Morgan fingerprint density at radius 1 is 1.43 bits per heavy atom. The molecule has 1 unspecified atom stereocenters. The normalized spacial score (nSPS) is 29.1. The summed E-state index contributed by atoms with van der Waals surface area (Å²) in [4.78, 5) is 2.23. The van der Waals surface area contributed by atoms with E-state index in [1.54, 1.807) is 0 Å². The summed E-state index contributed by atoms with van der Waals surface area (Å²) in [7, 11) is 0. The van der Waals surface area contributed by atoms with Crippen molar-refractivity contribution >= 4 is 0 Å². The second kappa shape index (κ2) is 3.80. The van der Waals surface area contributed by atoms with Crippen LogP contribution in [-0.2, 0) is 0 Å². The average Bonchev–Trinajstić information content (AvgIpc) is 1.93. The fraction of sp³-hybridized carbons (Fsp3) is 1.00. The zero-order valence-electron chi connectivity index (χ0n) is 9.75. The summed E-state index contributed by atoms with van der Waals surface area (Å²) in [6.45, 7) is 10.2. The van der Waals surface area contributed by atoms with Crippen molar-refractivity contribution in [1.29, 1.82) is 0 Å². The molecule has 1 saturated heterocycles. The Bertz CT molecular complexity index is 196. The van der Waals surface area contributed by atoms with Gasteiger partial charge in [-0.05, 0) is 20.3 Å². The van der Waals surface area contributed by atoms with E-state index in [2.05, 4.69) is 18.7 Å². The highest BCUT2D eigenvalue weighted by molar-refractivity contribution is 4.88. The molecule has 1 aliphatic heterocycles. The molecule has 2 N–H and O–H groups in total. The van der Waals surface area contributed by atoms with Gasteiger partial charge in [0, 0.05) is 25.0 Å². The fourth-order valence-electron chi connectivity index (χ4n) is 2.14. The molecule has 0 radical (unpaired) electrons. The van der Waals surface area contributed by atoms with Gasteiger partial charge >= 0.3 is 0 Å². The molecule has 14 heavy (non-hydrogen) atoms. The minimum Gasteiger partial charge on any atom is -0.392 e. The number of β-amino-alcohol motifs (C(OH)–C–C–N with tert-alkyl or cyclic N) is 1. The van der Waals surface area contributed by atoms with Crippen LogP contribution in [-0.4, -0.2) is 46.5 Å². The van der Waals surface area contributed by atoms with Crippen LogP contribution in [0.1, 0.15) is 34.1 Å². The van der Waals surface area contributed by atoms with E-state index < -0.39 is 5.60 Å². The molecule has 1 fully saturated rings. The first-order valence-corrected chi connectivity index (χ1v) is 5.33. The summed E-state index contributed by atoms with van der Waals surface area (Å²) >= 11 is 0. The van der Waals surface area contributed by atoms with Gasteiger partial charge in [0.05, 0.1) is 11.7 Å². The molecule has 1 atom stereocenters. The highest BCUT2D eigenvalue weighted by Crippen LogP contribution is 2.29. The molecule has 0 aromatic rings. The van der Waals surface area contributed by atoms with Crippen LogP contribution in [0.2, 0.25) is 0 Å². The Morgan fingerprint density at radius 2 is 2.00 bits per heavy atom. The molecule has 0 amide bonds. The molecular formula is C11H23NO2. The van der Waals surface area contributed by atoms with E-state index in [-0.39, 0.29) is 11.5 Å². The van der Waals surface area contributed by atoms with Crippen LogP contribution in [0.25, 0.3) is 0 Å². The zero-order valence-corrected chi connectivity index (χ0v) is 9.75.